The second-order valence-electron chi connectivity index (χ2n) is 7.90. The van der Waals surface area contributed by atoms with Crippen LogP contribution in [0.1, 0.15) is 25.3 Å². The summed E-state index contributed by atoms with van der Waals surface area (Å²) < 4.78 is 54.3. The zero-order valence-electron chi connectivity index (χ0n) is 18.3. The third kappa shape index (κ3) is 7.87. The van der Waals surface area contributed by atoms with Gasteiger partial charge < -0.3 is 15.2 Å². The molecule has 0 amide bonds. The fourth-order valence-electron chi connectivity index (χ4n) is 3.67. The van der Waals surface area contributed by atoms with E-state index < -0.39 is 6.36 Å². The lowest BCUT2D eigenvalue weighted by molar-refractivity contribution is -0.274. The largest absolute Gasteiger partial charge is 0.573 e. The predicted molar refractivity (Wildman–Crippen MR) is 120 cm³/mol. The number of halogens is 4. The summed E-state index contributed by atoms with van der Waals surface area (Å²) in [5.74, 6) is -0.585. The van der Waals surface area contributed by atoms with Crippen molar-refractivity contribution in [1.82, 2.24) is 9.88 Å². The molecule has 0 bridgehead atoms. The average Bonchev–Trinajstić information content (AvgIpc) is 2.74. The monoisotopic (exact) mass is 465 g/mol. The van der Waals surface area contributed by atoms with Gasteiger partial charge in [-0.05, 0) is 62.2 Å². The molecule has 0 fully saturated rings. The van der Waals surface area contributed by atoms with Gasteiger partial charge in [0.1, 0.15) is 11.6 Å². The quantitative estimate of drug-likeness (QED) is 0.374. The van der Waals surface area contributed by atoms with Crippen LogP contribution in [0.25, 0.3) is 10.9 Å². The highest BCUT2D eigenvalue weighted by Gasteiger charge is 2.30. The van der Waals surface area contributed by atoms with Crippen LogP contribution in [-0.4, -0.2) is 47.1 Å². The van der Waals surface area contributed by atoms with Crippen LogP contribution in [0.5, 0.6) is 5.75 Å². The van der Waals surface area contributed by atoms with Gasteiger partial charge in [-0.1, -0.05) is 12.1 Å². The number of nitrogens with zero attached hydrogens (tertiary/aromatic N) is 2. The maximum absolute atomic E-state index is 13.4. The van der Waals surface area contributed by atoms with E-state index in [0.29, 0.717) is 18.6 Å². The van der Waals surface area contributed by atoms with Gasteiger partial charge in [-0.25, -0.2) is 4.39 Å². The molecular weight excluding hydrogens is 438 g/mol. The molecule has 0 aliphatic heterocycles. The number of aliphatic hydroxyl groups is 1. The summed E-state index contributed by atoms with van der Waals surface area (Å²) in [6.07, 6.45) is -1.37. The van der Waals surface area contributed by atoms with E-state index in [1.54, 1.807) is 24.4 Å². The SMILES string of the molecule is CC(CCCN(CCO)Cc1ccc(OC(F)(F)F)cc1)Nc1ccnc2cc(F)ccc12. The Hall–Kier alpha value is -2.91. The fourth-order valence-corrected chi connectivity index (χ4v) is 3.67. The Labute approximate surface area is 190 Å². The van der Waals surface area contributed by atoms with Gasteiger partial charge in [0.2, 0.25) is 0 Å². The molecule has 0 saturated heterocycles. The van der Waals surface area contributed by atoms with Gasteiger partial charge in [0.05, 0.1) is 12.1 Å². The van der Waals surface area contributed by atoms with Crippen LogP contribution in [0.3, 0.4) is 0 Å². The summed E-state index contributed by atoms with van der Waals surface area (Å²) >= 11 is 0. The van der Waals surface area contributed by atoms with Crippen molar-refractivity contribution in [2.45, 2.75) is 38.7 Å². The summed E-state index contributed by atoms with van der Waals surface area (Å²) in [4.78, 5) is 6.26. The first kappa shape index (κ1) is 24.7. The van der Waals surface area contributed by atoms with E-state index in [2.05, 4.69) is 26.9 Å². The normalized spacial score (nSPS) is 12.8. The molecule has 1 unspecified atom stereocenters. The molecule has 5 nitrogen and oxygen atoms in total. The predicted octanol–water partition coefficient (Wildman–Crippen LogP) is 5.35. The summed E-state index contributed by atoms with van der Waals surface area (Å²) in [6.45, 7) is 3.74. The van der Waals surface area contributed by atoms with Crippen LogP contribution in [-0.2, 0) is 6.54 Å². The maximum atomic E-state index is 13.4. The Morgan fingerprint density at radius 1 is 1.09 bits per heavy atom. The van der Waals surface area contributed by atoms with Gasteiger partial charge in [-0.15, -0.1) is 13.2 Å². The molecule has 2 aromatic carbocycles. The molecule has 0 radical (unpaired) electrons. The Morgan fingerprint density at radius 3 is 2.55 bits per heavy atom. The average molecular weight is 465 g/mol. The van der Waals surface area contributed by atoms with Crippen molar-refractivity contribution < 1.29 is 27.4 Å². The number of pyridine rings is 1. The van der Waals surface area contributed by atoms with E-state index in [-0.39, 0.29) is 24.2 Å². The molecular formula is C24H27F4N3O2. The zero-order valence-corrected chi connectivity index (χ0v) is 18.3. The Morgan fingerprint density at radius 2 is 1.85 bits per heavy atom. The molecule has 3 aromatic rings. The van der Waals surface area contributed by atoms with E-state index in [4.69, 9.17) is 0 Å². The minimum atomic E-state index is -4.71. The van der Waals surface area contributed by atoms with Crippen LogP contribution in [0, 0.1) is 5.82 Å². The van der Waals surface area contributed by atoms with E-state index in [0.717, 1.165) is 36.0 Å². The van der Waals surface area contributed by atoms with Crippen LogP contribution in [0.2, 0.25) is 0 Å². The molecule has 0 saturated carbocycles. The number of anilines is 1. The second-order valence-corrected chi connectivity index (χ2v) is 7.90. The van der Waals surface area contributed by atoms with Crippen molar-refractivity contribution in [3.8, 4) is 5.75 Å². The topological polar surface area (TPSA) is 57.6 Å². The van der Waals surface area contributed by atoms with Gasteiger partial charge in [0.25, 0.3) is 0 Å². The summed E-state index contributed by atoms with van der Waals surface area (Å²) in [5, 5.41) is 13.7. The molecule has 9 heteroatoms. The molecule has 0 aliphatic rings. The summed E-state index contributed by atoms with van der Waals surface area (Å²) in [5.41, 5.74) is 2.31. The summed E-state index contributed by atoms with van der Waals surface area (Å²) in [7, 11) is 0. The number of hydrogen-bond donors (Lipinski definition) is 2. The molecule has 33 heavy (non-hydrogen) atoms. The third-order valence-corrected chi connectivity index (χ3v) is 5.20. The molecule has 1 heterocycles. The number of aliphatic hydroxyl groups excluding tert-OH is 1. The standard InChI is InChI=1S/C24H27F4N3O2/c1-17(30-22-10-11-29-23-15-19(25)6-9-21(22)23)3-2-12-31(13-14-32)16-18-4-7-20(8-5-18)33-24(26,27)28/h4-11,15,17,32H,2-3,12-14,16H2,1H3,(H,29,30). The lowest BCUT2D eigenvalue weighted by atomic mass is 10.1. The minimum absolute atomic E-state index is 0.0113. The van der Waals surface area contributed by atoms with Crippen molar-refractivity contribution >= 4 is 16.6 Å². The van der Waals surface area contributed by atoms with Gasteiger partial charge in [0, 0.05) is 42.5 Å². The minimum Gasteiger partial charge on any atom is -0.406 e. The van der Waals surface area contributed by atoms with Gasteiger partial charge >= 0.3 is 6.36 Å². The smallest absolute Gasteiger partial charge is 0.406 e. The first-order valence-corrected chi connectivity index (χ1v) is 10.7. The van der Waals surface area contributed by atoms with E-state index in [9.17, 15) is 22.7 Å². The van der Waals surface area contributed by atoms with E-state index >= 15 is 0 Å². The van der Waals surface area contributed by atoms with E-state index in [1.807, 2.05) is 6.07 Å². The van der Waals surface area contributed by atoms with Crippen LogP contribution >= 0.6 is 0 Å². The lowest BCUT2D eigenvalue weighted by Crippen LogP contribution is -2.28. The highest BCUT2D eigenvalue weighted by atomic mass is 19.4. The zero-order chi connectivity index (χ0) is 23.8. The van der Waals surface area contributed by atoms with Crippen molar-refractivity contribution in [3.05, 3.63) is 66.1 Å². The Balaban J connectivity index is 1.51. The van der Waals surface area contributed by atoms with Crippen LogP contribution < -0.4 is 10.1 Å². The summed E-state index contributed by atoms with van der Waals surface area (Å²) in [6, 6.07) is 12.3. The fraction of sp³-hybridized carbons (Fsp3) is 0.375. The van der Waals surface area contributed by atoms with Crippen molar-refractivity contribution in [1.29, 1.82) is 0 Å². The van der Waals surface area contributed by atoms with Crippen molar-refractivity contribution in [2.24, 2.45) is 0 Å². The van der Waals surface area contributed by atoms with Crippen LogP contribution in [0.4, 0.5) is 23.2 Å². The molecule has 0 spiro atoms. The lowest BCUT2D eigenvalue weighted by Gasteiger charge is -2.23. The molecule has 0 aliphatic carbocycles. The number of alkyl halides is 3. The number of rotatable bonds is 11. The van der Waals surface area contributed by atoms with Gasteiger partial charge in [-0.3, -0.25) is 9.88 Å². The third-order valence-electron chi connectivity index (χ3n) is 5.20. The Kier molecular flexibility index (Phi) is 8.46. The van der Waals surface area contributed by atoms with Gasteiger partial charge in [-0.2, -0.15) is 0 Å². The number of nitrogens with one attached hydrogen (secondary N) is 1. The molecule has 1 aromatic heterocycles. The van der Waals surface area contributed by atoms with E-state index in [1.165, 1.54) is 24.3 Å². The Bertz CT molecular complexity index is 1030. The number of benzene rings is 2. The molecule has 178 valence electrons. The number of hydrogen-bond acceptors (Lipinski definition) is 5. The number of ether oxygens (including phenoxy) is 1. The molecule has 2 N–H and O–H groups in total. The maximum Gasteiger partial charge on any atom is 0.573 e. The first-order valence-electron chi connectivity index (χ1n) is 10.7. The molecule has 1 atom stereocenters. The highest BCUT2D eigenvalue weighted by molar-refractivity contribution is 5.91. The first-order chi connectivity index (χ1) is 15.7. The van der Waals surface area contributed by atoms with Crippen molar-refractivity contribution in [2.75, 3.05) is 25.0 Å². The van der Waals surface area contributed by atoms with Crippen molar-refractivity contribution in [3.63, 3.8) is 0 Å². The van der Waals surface area contributed by atoms with Gasteiger partial charge in [0.15, 0.2) is 0 Å². The van der Waals surface area contributed by atoms with Crippen LogP contribution in [0.15, 0.2) is 54.7 Å². The number of fused-ring (bicyclic) bond motifs is 1. The second kappa shape index (κ2) is 11.3. The highest BCUT2D eigenvalue weighted by Crippen LogP contribution is 2.24. The number of aromatic nitrogens is 1. The molecule has 3 rings (SSSR count).